The Balaban J connectivity index is 0.000000228. The predicted octanol–water partition coefficient (Wildman–Crippen LogP) is 5.60. The summed E-state index contributed by atoms with van der Waals surface area (Å²) < 4.78 is 21.3. The maximum absolute atomic E-state index is 10.6. The molecule has 4 heterocycles. The molecule has 0 bridgehead atoms. The molecule has 2 aromatic heterocycles. The third kappa shape index (κ3) is 14.8. The number of aldehydes is 1. The third-order valence-corrected chi connectivity index (χ3v) is 8.12. The summed E-state index contributed by atoms with van der Waals surface area (Å²) >= 11 is 0. The Bertz CT molecular complexity index is 1690. The van der Waals surface area contributed by atoms with Gasteiger partial charge >= 0.3 is 0 Å². The zero-order chi connectivity index (χ0) is 38.8. The smallest absolute Gasteiger partial charge is 0.153 e. The van der Waals surface area contributed by atoms with Crippen molar-refractivity contribution in [2.75, 3.05) is 60.3 Å². The minimum Gasteiger partial charge on any atom is -0.500 e. The van der Waals surface area contributed by atoms with E-state index in [9.17, 15) is 4.79 Å². The summed E-state index contributed by atoms with van der Waals surface area (Å²) in [7, 11) is 3.17. The Morgan fingerprint density at radius 2 is 1.57 bits per heavy atom. The molecule has 1 aliphatic carbocycles. The maximum atomic E-state index is 10.6. The van der Waals surface area contributed by atoms with Crippen LogP contribution in [0.25, 0.3) is 6.08 Å². The molecule has 0 spiro atoms. The number of benzene rings is 1. The number of aliphatic imine (C=N–C) groups is 2. The standard InChI is InChI=1S/C20H22N2O3.C10H12N2.C10H14O4.C2H6O/c1-24-19-13-18(25-11-10-23)7-6-15(19)12-16-4-3-9-22-20(16)17-5-2-8-21-14-17;1-2-7-12-10(5-1)9-4-3-6-11-8-9;1-13-10-6-9(14-5-4-11)3-2-8(10)7-12;1-2-3/h2,5-8,12-14,23H,3-4,9-11H2,1H3;3-4,6,8H,1-2,5,7H2;2-3,7,9,11H,4-6H2,1H3;3H,2H2,1H3/b16-12+;;;. The van der Waals surface area contributed by atoms with Crippen LogP contribution in [0.15, 0.2) is 106 Å². The van der Waals surface area contributed by atoms with Crippen LogP contribution in [0.5, 0.6) is 11.5 Å². The molecule has 3 N–H and O–H groups in total. The van der Waals surface area contributed by atoms with Gasteiger partial charge in [0.1, 0.15) is 23.9 Å². The summed E-state index contributed by atoms with van der Waals surface area (Å²) in [5, 5.41) is 25.0. The number of pyridine rings is 2. The molecule has 3 aromatic rings. The second-order valence-electron chi connectivity index (χ2n) is 12.0. The molecular weight excluding hydrogens is 688 g/mol. The molecule has 1 atom stereocenters. The highest BCUT2D eigenvalue weighted by atomic mass is 16.5. The molecule has 12 nitrogen and oxygen atoms in total. The number of aliphatic hydroxyl groups excluding tert-OH is 3. The van der Waals surface area contributed by atoms with E-state index in [0.29, 0.717) is 30.1 Å². The van der Waals surface area contributed by atoms with E-state index >= 15 is 0 Å². The summed E-state index contributed by atoms with van der Waals surface area (Å²) in [5.41, 5.74) is 7.18. The van der Waals surface area contributed by atoms with Crippen LogP contribution in [0, 0.1) is 0 Å². The summed E-state index contributed by atoms with van der Waals surface area (Å²) in [6.45, 7) is 4.30. The number of aromatic nitrogens is 2. The van der Waals surface area contributed by atoms with E-state index < -0.39 is 0 Å². The van der Waals surface area contributed by atoms with Crippen LogP contribution in [-0.4, -0.2) is 109 Å². The lowest BCUT2D eigenvalue weighted by Crippen LogP contribution is -2.18. The van der Waals surface area contributed by atoms with Crippen molar-refractivity contribution in [3.8, 4) is 11.5 Å². The van der Waals surface area contributed by atoms with Crippen molar-refractivity contribution in [1.82, 2.24) is 9.97 Å². The molecule has 2 aliphatic heterocycles. The summed E-state index contributed by atoms with van der Waals surface area (Å²) in [6.07, 6.45) is 19.7. The van der Waals surface area contributed by atoms with E-state index in [-0.39, 0.29) is 32.5 Å². The largest absolute Gasteiger partial charge is 0.500 e. The number of aliphatic hydroxyl groups is 3. The molecule has 290 valence electrons. The monoisotopic (exact) mass is 742 g/mol. The average Bonchev–Trinajstić information content (AvgIpc) is 3.24. The van der Waals surface area contributed by atoms with Crippen molar-refractivity contribution in [2.45, 2.75) is 51.6 Å². The number of carbonyl (C=O) groups excluding carboxylic acids is 1. The Labute approximate surface area is 318 Å². The molecule has 0 amide bonds. The third-order valence-electron chi connectivity index (χ3n) is 8.12. The first kappa shape index (κ1) is 43.4. The average molecular weight is 743 g/mol. The van der Waals surface area contributed by atoms with Crippen molar-refractivity contribution < 1.29 is 39.1 Å². The Morgan fingerprint density at radius 1 is 0.852 bits per heavy atom. The molecule has 3 aliphatic rings. The van der Waals surface area contributed by atoms with E-state index in [1.165, 1.54) is 36.8 Å². The Kier molecular flexibility index (Phi) is 20.8. The van der Waals surface area contributed by atoms with Gasteiger partial charge in [0.05, 0.1) is 51.4 Å². The van der Waals surface area contributed by atoms with Crippen LogP contribution in [-0.2, 0) is 14.3 Å². The molecule has 54 heavy (non-hydrogen) atoms. The molecule has 12 heteroatoms. The first-order valence-corrected chi connectivity index (χ1v) is 18.3. The number of carbonyl (C=O) groups is 1. The maximum Gasteiger partial charge on any atom is 0.153 e. The van der Waals surface area contributed by atoms with Gasteiger partial charge in [0.15, 0.2) is 6.29 Å². The number of allylic oxidation sites excluding steroid dienone is 3. The van der Waals surface area contributed by atoms with Gasteiger partial charge in [0.25, 0.3) is 0 Å². The van der Waals surface area contributed by atoms with Gasteiger partial charge in [-0.3, -0.25) is 24.7 Å². The van der Waals surface area contributed by atoms with Crippen molar-refractivity contribution in [3.05, 3.63) is 113 Å². The lowest BCUT2D eigenvalue weighted by molar-refractivity contribution is -0.104. The van der Waals surface area contributed by atoms with Gasteiger partial charge in [0, 0.05) is 79.4 Å². The van der Waals surface area contributed by atoms with E-state index in [1.54, 1.807) is 38.6 Å². The Hall–Kier alpha value is -5.01. The fourth-order valence-electron chi connectivity index (χ4n) is 5.62. The predicted molar refractivity (Wildman–Crippen MR) is 211 cm³/mol. The summed E-state index contributed by atoms with van der Waals surface area (Å²) in [4.78, 5) is 28.0. The molecule has 0 saturated heterocycles. The molecular formula is C42H54N4O8. The number of nitrogens with zero attached hydrogens (tertiary/aromatic N) is 4. The topological polar surface area (TPSA) is 165 Å². The van der Waals surface area contributed by atoms with Gasteiger partial charge in [0.2, 0.25) is 0 Å². The van der Waals surface area contributed by atoms with Crippen LogP contribution in [0.2, 0.25) is 0 Å². The van der Waals surface area contributed by atoms with E-state index in [0.717, 1.165) is 61.2 Å². The fourth-order valence-corrected chi connectivity index (χ4v) is 5.62. The zero-order valence-electron chi connectivity index (χ0n) is 31.6. The van der Waals surface area contributed by atoms with Crippen molar-refractivity contribution >= 4 is 23.8 Å². The molecule has 0 radical (unpaired) electrons. The molecule has 1 aromatic carbocycles. The highest BCUT2D eigenvalue weighted by Gasteiger charge is 2.17. The van der Waals surface area contributed by atoms with Crippen LogP contribution in [0.4, 0.5) is 0 Å². The minimum absolute atomic E-state index is 0.00307. The van der Waals surface area contributed by atoms with Gasteiger partial charge in [-0.05, 0) is 87.1 Å². The molecule has 0 saturated carbocycles. The van der Waals surface area contributed by atoms with Crippen molar-refractivity contribution in [1.29, 1.82) is 0 Å². The lowest BCUT2D eigenvalue weighted by atomic mass is 9.94. The number of hydrogen-bond donors (Lipinski definition) is 3. The van der Waals surface area contributed by atoms with Gasteiger partial charge in [-0.1, -0.05) is 12.1 Å². The van der Waals surface area contributed by atoms with Crippen LogP contribution >= 0.6 is 0 Å². The highest BCUT2D eigenvalue weighted by molar-refractivity contribution is 6.15. The quantitative estimate of drug-likeness (QED) is 0.199. The first-order valence-electron chi connectivity index (χ1n) is 18.3. The fraction of sp³-hybridized carbons (Fsp3) is 0.405. The Morgan fingerprint density at radius 3 is 2.19 bits per heavy atom. The minimum atomic E-state index is -0.110. The molecule has 0 fully saturated rings. The van der Waals surface area contributed by atoms with Crippen LogP contribution in [0.3, 0.4) is 0 Å². The highest BCUT2D eigenvalue weighted by Crippen LogP contribution is 2.29. The van der Waals surface area contributed by atoms with Gasteiger partial charge < -0.3 is 34.3 Å². The SMILES string of the molecule is CCO.COC1=C(C=O)C=CC(OCCO)C1.COc1cc(OCCO)ccc1/C=C1\CCCN=C1c1cccnc1.c1cncc(C2=NCCCC2)c1. The molecule has 6 rings (SSSR count). The number of rotatable bonds is 12. The second kappa shape index (κ2) is 25.9. The number of ether oxygens (including phenoxy) is 4. The number of methoxy groups -OCH3 is 2. The summed E-state index contributed by atoms with van der Waals surface area (Å²) in [5.74, 6) is 2.04. The summed E-state index contributed by atoms with van der Waals surface area (Å²) in [6, 6.07) is 13.7. The zero-order valence-corrected chi connectivity index (χ0v) is 31.6. The first-order chi connectivity index (χ1) is 26.5. The van der Waals surface area contributed by atoms with E-state index in [2.05, 4.69) is 27.1 Å². The van der Waals surface area contributed by atoms with E-state index in [4.69, 9.17) is 39.3 Å². The molecule has 1 unspecified atom stereocenters. The van der Waals surface area contributed by atoms with Gasteiger partial charge in [-0.2, -0.15) is 0 Å². The van der Waals surface area contributed by atoms with Gasteiger partial charge in [-0.15, -0.1) is 0 Å². The second-order valence-corrected chi connectivity index (χ2v) is 12.0. The normalized spacial score (nSPS) is 16.9. The van der Waals surface area contributed by atoms with Crippen molar-refractivity contribution in [2.24, 2.45) is 9.98 Å². The van der Waals surface area contributed by atoms with Crippen LogP contribution in [0.1, 0.15) is 62.1 Å². The lowest BCUT2D eigenvalue weighted by Gasteiger charge is -2.19. The number of hydrogen-bond acceptors (Lipinski definition) is 12. The van der Waals surface area contributed by atoms with Crippen LogP contribution < -0.4 is 9.47 Å². The van der Waals surface area contributed by atoms with E-state index in [1.807, 2.05) is 48.8 Å². The van der Waals surface area contributed by atoms with Gasteiger partial charge in [-0.25, -0.2) is 0 Å². The van der Waals surface area contributed by atoms with Crippen molar-refractivity contribution in [3.63, 3.8) is 0 Å².